The van der Waals surface area contributed by atoms with Crippen LogP contribution in [-0.4, -0.2) is 121 Å². The largest absolute Gasteiger partial charge is 0.472 e. The lowest BCUT2D eigenvalue weighted by Gasteiger charge is -2.41. The topological polar surface area (TPSA) is 250 Å². The Labute approximate surface area is 388 Å². The highest BCUT2D eigenvalue weighted by atomic mass is 31.2. The quantitative estimate of drug-likeness (QED) is 0.00985. The minimum atomic E-state index is -5.20. The van der Waals surface area contributed by atoms with Crippen molar-refractivity contribution in [3.63, 3.8) is 0 Å². The normalized spacial score (nSPS) is 23.0. The second-order valence-corrected chi connectivity index (χ2v) is 18.1. The third kappa shape index (κ3) is 31.0. The summed E-state index contributed by atoms with van der Waals surface area (Å²) in [5.74, 6) is -1.35. The summed E-state index contributed by atoms with van der Waals surface area (Å²) in [7, 11) is -5.20. The highest BCUT2D eigenvalue weighted by Gasteiger charge is 2.51. The molecule has 1 saturated carbocycles. The van der Waals surface area contributed by atoms with E-state index in [4.69, 9.17) is 18.5 Å². The summed E-state index contributed by atoms with van der Waals surface area (Å²) in [6.45, 7) is 3.00. The number of carbonyl (C=O) groups is 2. The first-order chi connectivity index (χ1) is 31.2. The Morgan fingerprint density at radius 3 is 1.65 bits per heavy atom. The molecule has 0 saturated heterocycles. The molecule has 1 fully saturated rings. The van der Waals surface area contributed by atoms with Gasteiger partial charge in [-0.05, 0) is 70.6 Å². The number of aliphatic hydroxyl groups excluding tert-OH is 7. The summed E-state index contributed by atoms with van der Waals surface area (Å²) < 4.78 is 33.4. The molecule has 65 heavy (non-hydrogen) atoms. The molecule has 1 aliphatic rings. The van der Waals surface area contributed by atoms with Gasteiger partial charge in [-0.25, -0.2) is 4.57 Å². The molecule has 0 amide bonds. The Morgan fingerprint density at radius 2 is 1.06 bits per heavy atom. The number of aliphatic hydroxyl groups is 7. The van der Waals surface area contributed by atoms with Crippen molar-refractivity contribution in [1.82, 2.24) is 0 Å². The minimum absolute atomic E-state index is 0.102. The zero-order chi connectivity index (χ0) is 48.1. The SMILES string of the molecule is CCCCC/C=C\C/C=C\CCCCCCCCCC(=O)OC[C@H](COP(=O)(O)OC1[C@H](O)[C@H](O)C(O)[C@H](O)[C@H]1O)OC(=O)CCC[C@@H](O)\C=C/C=C/C=C/[C@@H](O)C/C=C\CCCCC. The third-order valence-corrected chi connectivity index (χ3v) is 11.7. The van der Waals surface area contributed by atoms with Gasteiger partial charge < -0.3 is 50.1 Å². The molecule has 1 rings (SSSR count). The Hall–Kier alpha value is -2.79. The van der Waals surface area contributed by atoms with Crippen molar-refractivity contribution < 1.29 is 73.3 Å². The van der Waals surface area contributed by atoms with Gasteiger partial charge in [0.05, 0.1) is 18.8 Å². The number of carbonyl (C=O) groups excluding carboxylic acids is 2. The third-order valence-electron chi connectivity index (χ3n) is 10.7. The van der Waals surface area contributed by atoms with Crippen LogP contribution < -0.4 is 0 Å². The van der Waals surface area contributed by atoms with Gasteiger partial charge in [0, 0.05) is 12.8 Å². The molecule has 374 valence electrons. The number of phosphoric ester groups is 1. The van der Waals surface area contributed by atoms with Crippen LogP contribution in [0.5, 0.6) is 0 Å². The molecule has 15 nitrogen and oxygen atoms in total. The van der Waals surface area contributed by atoms with E-state index in [2.05, 4.69) is 44.2 Å². The molecule has 0 aromatic rings. The number of ether oxygens (including phenoxy) is 2. The lowest BCUT2D eigenvalue weighted by molar-refractivity contribution is -0.220. The van der Waals surface area contributed by atoms with Crippen LogP contribution in [0.1, 0.15) is 155 Å². The molecular formula is C49H83O15P. The van der Waals surface area contributed by atoms with Crippen LogP contribution in [0.3, 0.4) is 0 Å². The summed E-state index contributed by atoms with van der Waals surface area (Å²) >= 11 is 0. The van der Waals surface area contributed by atoms with Gasteiger partial charge in [-0.15, -0.1) is 0 Å². The van der Waals surface area contributed by atoms with Gasteiger partial charge in [0.15, 0.2) is 6.10 Å². The van der Waals surface area contributed by atoms with Crippen molar-refractivity contribution in [1.29, 1.82) is 0 Å². The van der Waals surface area contributed by atoms with Crippen LogP contribution in [0, 0.1) is 0 Å². The van der Waals surface area contributed by atoms with Crippen molar-refractivity contribution in [3.8, 4) is 0 Å². The van der Waals surface area contributed by atoms with Crippen molar-refractivity contribution >= 4 is 19.8 Å². The summed E-state index contributed by atoms with van der Waals surface area (Å²) in [6, 6.07) is 0. The van der Waals surface area contributed by atoms with E-state index >= 15 is 0 Å². The second-order valence-electron chi connectivity index (χ2n) is 16.7. The summed E-state index contributed by atoms with van der Waals surface area (Å²) in [6.07, 6.45) is 27.0. The molecule has 3 unspecified atom stereocenters. The van der Waals surface area contributed by atoms with Gasteiger partial charge in [-0.3, -0.25) is 18.6 Å². The maximum atomic E-state index is 12.8. The van der Waals surface area contributed by atoms with Gasteiger partial charge >= 0.3 is 19.8 Å². The lowest BCUT2D eigenvalue weighted by atomic mass is 9.85. The Bertz CT molecular complexity index is 1450. The molecule has 0 spiro atoms. The van der Waals surface area contributed by atoms with Crippen LogP contribution in [0.15, 0.2) is 72.9 Å². The molecule has 0 aromatic carbocycles. The average molecular weight is 943 g/mol. The summed E-state index contributed by atoms with van der Waals surface area (Å²) in [4.78, 5) is 35.8. The molecule has 10 atom stereocenters. The highest BCUT2D eigenvalue weighted by Crippen LogP contribution is 2.47. The molecule has 0 heterocycles. The predicted octanol–water partition coefficient (Wildman–Crippen LogP) is 7.44. The summed E-state index contributed by atoms with van der Waals surface area (Å²) in [5, 5.41) is 70.6. The van der Waals surface area contributed by atoms with Gasteiger partial charge in [-0.2, -0.15) is 0 Å². The van der Waals surface area contributed by atoms with Gasteiger partial charge in [0.25, 0.3) is 0 Å². The highest BCUT2D eigenvalue weighted by molar-refractivity contribution is 7.47. The van der Waals surface area contributed by atoms with E-state index < -0.39 is 87.9 Å². The first-order valence-electron chi connectivity index (χ1n) is 24.0. The number of allylic oxidation sites excluding steroid dienone is 9. The smallest absolute Gasteiger partial charge is 0.462 e. The van der Waals surface area contributed by atoms with Crippen molar-refractivity contribution in [2.75, 3.05) is 13.2 Å². The van der Waals surface area contributed by atoms with Crippen LogP contribution in [-0.2, 0) is 32.7 Å². The predicted molar refractivity (Wildman–Crippen MR) is 251 cm³/mol. The van der Waals surface area contributed by atoms with Crippen LogP contribution in [0.4, 0.5) is 0 Å². The van der Waals surface area contributed by atoms with Crippen molar-refractivity contribution in [3.05, 3.63) is 72.9 Å². The zero-order valence-corrected chi connectivity index (χ0v) is 39.9. The maximum absolute atomic E-state index is 12.8. The standard InChI is InChI=1S/C49H83O15P/c1-3-5-7-9-11-12-13-14-15-16-17-18-19-20-21-23-29-35-42(52)61-37-41(38-62-65(59,60)64-49-47(57)45(55)44(54)46(56)48(49)58)63-43(53)36-30-34-40(51)33-28-25-24-27-32-39(50)31-26-22-10-8-6-4-2/h11-12,14-15,22,24-28,32-33,39-41,44-51,54-58H,3-10,13,16-21,23,29-31,34-38H2,1-2H3,(H,59,60)/b12-11-,15-14-,25-24+,26-22-,32-27+,33-28-/t39-,40-,41+,44?,45-,46+,47+,48+,49?/m0/s1. The molecule has 0 radical (unpaired) electrons. The van der Waals surface area contributed by atoms with E-state index in [0.717, 1.165) is 70.6 Å². The van der Waals surface area contributed by atoms with Crippen molar-refractivity contribution in [2.45, 2.75) is 210 Å². The fourth-order valence-electron chi connectivity index (χ4n) is 6.75. The van der Waals surface area contributed by atoms with E-state index in [9.17, 15) is 54.8 Å². The van der Waals surface area contributed by atoms with E-state index in [0.29, 0.717) is 12.8 Å². The summed E-state index contributed by atoms with van der Waals surface area (Å²) in [5.41, 5.74) is 0. The van der Waals surface area contributed by atoms with E-state index in [-0.39, 0.29) is 25.7 Å². The molecule has 0 aliphatic heterocycles. The Balaban J connectivity index is 2.58. The minimum Gasteiger partial charge on any atom is -0.462 e. The Kier molecular flexibility index (Phi) is 35.4. The fraction of sp³-hybridized carbons (Fsp3) is 0.714. The molecular weight excluding hydrogens is 859 g/mol. The number of hydrogen-bond acceptors (Lipinski definition) is 14. The maximum Gasteiger partial charge on any atom is 0.472 e. The zero-order valence-electron chi connectivity index (χ0n) is 39.0. The second kappa shape index (κ2) is 38.2. The van der Waals surface area contributed by atoms with E-state index in [1.165, 1.54) is 38.2 Å². The number of esters is 2. The number of hydrogen-bond donors (Lipinski definition) is 8. The molecule has 0 aromatic heterocycles. The van der Waals surface area contributed by atoms with Crippen LogP contribution >= 0.6 is 7.82 Å². The fourth-order valence-corrected chi connectivity index (χ4v) is 7.72. The van der Waals surface area contributed by atoms with E-state index in [1.807, 2.05) is 6.08 Å². The number of phosphoric acid groups is 1. The van der Waals surface area contributed by atoms with Crippen LogP contribution in [0.2, 0.25) is 0 Å². The molecule has 0 bridgehead atoms. The number of unbranched alkanes of at least 4 members (excludes halogenated alkanes) is 13. The number of rotatable bonds is 38. The van der Waals surface area contributed by atoms with Gasteiger partial charge in [0.1, 0.15) is 43.2 Å². The first kappa shape index (κ1) is 60.2. The van der Waals surface area contributed by atoms with E-state index in [1.54, 1.807) is 30.4 Å². The Morgan fingerprint density at radius 1 is 0.569 bits per heavy atom. The lowest BCUT2D eigenvalue weighted by Crippen LogP contribution is -2.64. The molecule has 8 N–H and O–H groups in total. The van der Waals surface area contributed by atoms with Crippen molar-refractivity contribution in [2.24, 2.45) is 0 Å². The molecule has 16 heteroatoms. The molecule has 1 aliphatic carbocycles. The van der Waals surface area contributed by atoms with Gasteiger partial charge in [-0.1, -0.05) is 145 Å². The average Bonchev–Trinajstić information content (AvgIpc) is 3.28. The monoisotopic (exact) mass is 943 g/mol. The first-order valence-corrected chi connectivity index (χ1v) is 25.5. The van der Waals surface area contributed by atoms with Crippen LogP contribution in [0.25, 0.3) is 0 Å². The van der Waals surface area contributed by atoms with Gasteiger partial charge in [0.2, 0.25) is 0 Å².